The Hall–Kier alpha value is -1.00. The van der Waals surface area contributed by atoms with Gasteiger partial charge in [-0.2, -0.15) is 8.78 Å². The zero-order valence-electron chi connectivity index (χ0n) is 6.90. The van der Waals surface area contributed by atoms with Crippen LogP contribution in [0.3, 0.4) is 0 Å². The van der Waals surface area contributed by atoms with Crippen molar-refractivity contribution in [2.45, 2.75) is 18.8 Å². The third-order valence-electron chi connectivity index (χ3n) is 1.16. The van der Waals surface area contributed by atoms with Crippen molar-refractivity contribution in [3.05, 3.63) is 25.0 Å². The average molecular weight is 198 g/mol. The van der Waals surface area contributed by atoms with Gasteiger partial charge >= 0.3 is 12.3 Å². The van der Waals surface area contributed by atoms with Gasteiger partial charge in [0.2, 0.25) is 0 Å². The molecule has 0 aromatic carbocycles. The van der Waals surface area contributed by atoms with Gasteiger partial charge in [0, 0.05) is 0 Å². The van der Waals surface area contributed by atoms with Crippen molar-refractivity contribution < 1.29 is 22.3 Å². The molecule has 0 aliphatic carbocycles. The Balaban J connectivity index is 3.96. The van der Waals surface area contributed by atoms with Crippen molar-refractivity contribution in [3.63, 3.8) is 0 Å². The van der Waals surface area contributed by atoms with E-state index in [4.69, 9.17) is 0 Å². The first kappa shape index (κ1) is 12.0. The lowest BCUT2D eigenvalue weighted by molar-refractivity contribution is -0.132. The summed E-state index contributed by atoms with van der Waals surface area (Å²) in [6, 6.07) is 0. The molecule has 0 aromatic heterocycles. The summed E-state index contributed by atoms with van der Waals surface area (Å²) in [5.74, 6) is -4.44. The molecule has 1 nitrogen and oxygen atoms in total. The molecule has 0 unspecified atom stereocenters. The molecule has 0 atom stereocenters. The molecule has 5 heteroatoms. The van der Waals surface area contributed by atoms with E-state index >= 15 is 0 Å². The van der Waals surface area contributed by atoms with Gasteiger partial charge in [0.1, 0.15) is 6.61 Å². The Bertz CT molecular complexity index is 189. The zero-order valence-corrected chi connectivity index (χ0v) is 6.90. The van der Waals surface area contributed by atoms with Crippen LogP contribution in [0, 0.1) is 0 Å². The summed E-state index contributed by atoms with van der Waals surface area (Å²) in [6.45, 7) is 6.32. The summed E-state index contributed by atoms with van der Waals surface area (Å²) in [5, 5.41) is 0. The molecule has 0 saturated heterocycles. The highest BCUT2D eigenvalue weighted by atomic mass is 19.3. The van der Waals surface area contributed by atoms with Crippen LogP contribution in [-0.2, 0) is 4.74 Å². The number of ether oxygens (including phenoxy) is 1. The van der Waals surface area contributed by atoms with Gasteiger partial charge in [-0.25, -0.2) is 8.78 Å². The van der Waals surface area contributed by atoms with E-state index in [2.05, 4.69) is 17.9 Å². The molecular formula is C8H10F4O. The van der Waals surface area contributed by atoms with Crippen molar-refractivity contribution in [2.24, 2.45) is 0 Å². The smallest absolute Gasteiger partial charge is 0.314 e. The van der Waals surface area contributed by atoms with Gasteiger partial charge in [-0.1, -0.05) is 19.2 Å². The average Bonchev–Trinajstić information content (AvgIpc) is 1.99. The van der Waals surface area contributed by atoms with E-state index in [1.54, 1.807) is 0 Å². The van der Waals surface area contributed by atoms with Crippen LogP contribution in [0.15, 0.2) is 25.0 Å². The first-order valence-electron chi connectivity index (χ1n) is 3.47. The molecule has 0 aromatic rings. The minimum Gasteiger partial charge on any atom is -0.494 e. The van der Waals surface area contributed by atoms with Gasteiger partial charge in [0.05, 0.1) is 12.2 Å². The van der Waals surface area contributed by atoms with Crippen LogP contribution in [0.4, 0.5) is 17.6 Å². The minimum atomic E-state index is -4.07. The molecule has 0 radical (unpaired) electrons. The van der Waals surface area contributed by atoms with Crippen LogP contribution in [0.25, 0.3) is 0 Å². The maximum atomic E-state index is 12.3. The lowest BCUT2D eigenvalue weighted by Gasteiger charge is -2.16. The van der Waals surface area contributed by atoms with Crippen molar-refractivity contribution in [3.8, 4) is 0 Å². The van der Waals surface area contributed by atoms with Gasteiger partial charge in [0.25, 0.3) is 0 Å². The summed E-state index contributed by atoms with van der Waals surface area (Å²) in [5.41, 5.74) is 0. The van der Waals surface area contributed by atoms with E-state index < -0.39 is 18.8 Å². The second-order valence-electron chi connectivity index (χ2n) is 2.38. The number of hydrogen-bond acceptors (Lipinski definition) is 1. The zero-order chi connectivity index (χ0) is 10.5. The fourth-order valence-electron chi connectivity index (χ4n) is 0.568. The molecule has 13 heavy (non-hydrogen) atoms. The quantitative estimate of drug-likeness (QED) is 0.362. The van der Waals surface area contributed by atoms with E-state index in [9.17, 15) is 17.6 Å². The van der Waals surface area contributed by atoms with Crippen LogP contribution in [-0.4, -0.2) is 19.0 Å². The SMILES string of the molecule is C=CCOC(=C)CC(F)(F)C(F)F. The summed E-state index contributed by atoms with van der Waals surface area (Å²) in [4.78, 5) is 0. The molecule has 0 saturated carbocycles. The highest BCUT2D eigenvalue weighted by Gasteiger charge is 2.41. The minimum absolute atomic E-state index is 0.0157. The molecule has 0 amide bonds. The van der Waals surface area contributed by atoms with Gasteiger partial charge in [0.15, 0.2) is 0 Å². The molecule has 0 aliphatic heterocycles. The highest BCUT2D eigenvalue weighted by molar-refractivity contribution is 4.91. The van der Waals surface area contributed by atoms with Gasteiger partial charge in [-0.15, -0.1) is 0 Å². The molecule has 0 heterocycles. The standard InChI is InChI=1S/C8H10F4O/c1-3-4-13-6(2)5-8(11,12)7(9)10/h3,7H,1-2,4-5H2. The Morgan fingerprint density at radius 2 is 2.00 bits per heavy atom. The van der Waals surface area contributed by atoms with Crippen molar-refractivity contribution in [1.82, 2.24) is 0 Å². The maximum Gasteiger partial charge on any atom is 0.314 e. The fourth-order valence-corrected chi connectivity index (χ4v) is 0.568. The number of rotatable bonds is 6. The first-order valence-corrected chi connectivity index (χ1v) is 3.47. The maximum absolute atomic E-state index is 12.3. The number of alkyl halides is 4. The van der Waals surface area contributed by atoms with Gasteiger partial charge in [-0.3, -0.25) is 0 Å². The van der Waals surface area contributed by atoms with Crippen molar-refractivity contribution in [2.75, 3.05) is 6.61 Å². The normalized spacial score (nSPS) is 11.5. The van der Waals surface area contributed by atoms with E-state index in [-0.39, 0.29) is 12.4 Å². The lowest BCUT2D eigenvalue weighted by Crippen LogP contribution is -2.27. The van der Waals surface area contributed by atoms with Crippen molar-refractivity contribution in [1.29, 1.82) is 0 Å². The first-order chi connectivity index (χ1) is 5.90. The molecular weight excluding hydrogens is 188 g/mol. The van der Waals surface area contributed by atoms with E-state index in [1.807, 2.05) is 0 Å². The predicted octanol–water partition coefficient (Wildman–Crippen LogP) is 2.99. The van der Waals surface area contributed by atoms with Crippen LogP contribution in [0.2, 0.25) is 0 Å². The molecule has 76 valence electrons. The Morgan fingerprint density at radius 3 is 2.38 bits per heavy atom. The predicted molar refractivity (Wildman–Crippen MR) is 40.9 cm³/mol. The summed E-state index contributed by atoms with van der Waals surface area (Å²) in [7, 11) is 0. The number of allylic oxidation sites excluding steroid dienone is 1. The Kier molecular flexibility index (Phi) is 4.51. The summed E-state index contributed by atoms with van der Waals surface area (Å²) < 4.78 is 52.4. The second kappa shape index (κ2) is 4.89. The topological polar surface area (TPSA) is 9.23 Å². The largest absolute Gasteiger partial charge is 0.494 e. The summed E-state index contributed by atoms with van der Waals surface area (Å²) >= 11 is 0. The van der Waals surface area contributed by atoms with Crippen LogP contribution < -0.4 is 0 Å². The van der Waals surface area contributed by atoms with Crippen LogP contribution in [0.5, 0.6) is 0 Å². The second-order valence-corrected chi connectivity index (χ2v) is 2.38. The van der Waals surface area contributed by atoms with Crippen molar-refractivity contribution >= 4 is 0 Å². The van der Waals surface area contributed by atoms with E-state index in [0.717, 1.165) is 0 Å². The van der Waals surface area contributed by atoms with E-state index in [0.29, 0.717) is 0 Å². The molecule has 0 bridgehead atoms. The molecule has 0 spiro atoms. The summed E-state index contributed by atoms with van der Waals surface area (Å²) in [6.07, 6.45) is -3.55. The monoisotopic (exact) mass is 198 g/mol. The lowest BCUT2D eigenvalue weighted by atomic mass is 10.2. The highest BCUT2D eigenvalue weighted by Crippen LogP contribution is 2.29. The number of hydrogen-bond donors (Lipinski definition) is 0. The molecule has 0 N–H and O–H groups in total. The number of halogens is 4. The van der Waals surface area contributed by atoms with Crippen LogP contribution >= 0.6 is 0 Å². The fraction of sp³-hybridized carbons (Fsp3) is 0.500. The van der Waals surface area contributed by atoms with Crippen LogP contribution in [0.1, 0.15) is 6.42 Å². The molecule has 0 aliphatic rings. The third-order valence-corrected chi connectivity index (χ3v) is 1.16. The Morgan fingerprint density at radius 1 is 1.46 bits per heavy atom. The van der Waals surface area contributed by atoms with E-state index in [1.165, 1.54) is 6.08 Å². The van der Waals surface area contributed by atoms with Gasteiger partial charge < -0.3 is 4.74 Å². The molecule has 0 rings (SSSR count). The third kappa shape index (κ3) is 4.55. The Labute approximate surface area is 73.7 Å². The van der Waals surface area contributed by atoms with Gasteiger partial charge in [-0.05, 0) is 0 Å². The molecule has 0 fully saturated rings.